The maximum absolute atomic E-state index is 13.3. The Hall–Kier alpha value is -3.67. The summed E-state index contributed by atoms with van der Waals surface area (Å²) in [5.74, 6) is -0.0733. The zero-order valence-electron chi connectivity index (χ0n) is 18.5. The maximum atomic E-state index is 13.3. The summed E-state index contributed by atoms with van der Waals surface area (Å²) in [6.45, 7) is 4.59. The van der Waals surface area contributed by atoms with Crippen LogP contribution >= 0.6 is 0 Å². The summed E-state index contributed by atoms with van der Waals surface area (Å²) in [5, 5.41) is 12.5. The van der Waals surface area contributed by atoms with Gasteiger partial charge in [-0.3, -0.25) is 9.48 Å². The van der Waals surface area contributed by atoms with Gasteiger partial charge in [0.2, 0.25) is 0 Å². The summed E-state index contributed by atoms with van der Waals surface area (Å²) in [7, 11) is 0. The van der Waals surface area contributed by atoms with E-state index in [-0.39, 0.29) is 11.9 Å². The van der Waals surface area contributed by atoms with Gasteiger partial charge in [-0.25, -0.2) is 4.68 Å². The average molecular weight is 426 g/mol. The molecule has 1 unspecified atom stereocenters. The molecule has 32 heavy (non-hydrogen) atoms. The molecule has 1 atom stereocenters. The van der Waals surface area contributed by atoms with Crippen LogP contribution in [-0.4, -0.2) is 25.5 Å². The number of rotatable bonds is 5. The number of aromatic nitrogens is 4. The van der Waals surface area contributed by atoms with Gasteiger partial charge in [0.1, 0.15) is 0 Å². The third kappa shape index (κ3) is 3.73. The van der Waals surface area contributed by atoms with Crippen molar-refractivity contribution in [3.8, 4) is 5.69 Å². The van der Waals surface area contributed by atoms with Crippen molar-refractivity contribution in [1.29, 1.82) is 0 Å². The molecule has 162 valence electrons. The molecular weight excluding hydrogens is 398 g/mol. The second-order valence-corrected chi connectivity index (χ2v) is 8.40. The SMILES string of the molecule is Cc1nn(-c2ccccc2)c(C)c1C(=O)NC1CCCc2c1cnn2Cc1ccccc1. The van der Waals surface area contributed by atoms with E-state index in [1.807, 2.05) is 61.1 Å². The van der Waals surface area contributed by atoms with Gasteiger partial charge in [0.25, 0.3) is 5.91 Å². The molecule has 5 rings (SSSR count). The molecular formula is C26H27N5O. The predicted molar refractivity (Wildman–Crippen MR) is 124 cm³/mol. The van der Waals surface area contributed by atoms with Gasteiger partial charge >= 0.3 is 0 Å². The summed E-state index contributed by atoms with van der Waals surface area (Å²) in [6.07, 6.45) is 4.86. The largest absolute Gasteiger partial charge is 0.345 e. The fraction of sp³-hybridized carbons (Fsp3) is 0.269. The molecule has 0 bridgehead atoms. The molecule has 0 spiro atoms. The van der Waals surface area contributed by atoms with Gasteiger partial charge in [-0.15, -0.1) is 0 Å². The van der Waals surface area contributed by atoms with Gasteiger partial charge in [-0.1, -0.05) is 48.5 Å². The van der Waals surface area contributed by atoms with Crippen LogP contribution in [0.2, 0.25) is 0 Å². The molecule has 0 saturated carbocycles. The molecule has 1 aliphatic rings. The number of hydrogen-bond acceptors (Lipinski definition) is 3. The lowest BCUT2D eigenvalue weighted by molar-refractivity contribution is 0.0931. The summed E-state index contributed by atoms with van der Waals surface area (Å²) < 4.78 is 3.92. The first-order valence-electron chi connectivity index (χ1n) is 11.1. The number of nitrogens with zero attached hydrogens (tertiary/aromatic N) is 4. The van der Waals surface area contributed by atoms with E-state index in [9.17, 15) is 4.79 Å². The summed E-state index contributed by atoms with van der Waals surface area (Å²) in [6, 6.07) is 20.2. The fourth-order valence-corrected chi connectivity index (χ4v) is 4.68. The van der Waals surface area contributed by atoms with Gasteiger partial charge in [-0.05, 0) is 50.8 Å². The Morgan fingerprint density at radius 3 is 2.53 bits per heavy atom. The molecule has 2 aromatic heterocycles. The molecule has 2 heterocycles. The van der Waals surface area contributed by atoms with Crippen LogP contribution in [0.4, 0.5) is 0 Å². The second-order valence-electron chi connectivity index (χ2n) is 8.40. The lowest BCUT2D eigenvalue weighted by Gasteiger charge is -2.24. The second kappa shape index (κ2) is 8.46. The highest BCUT2D eigenvalue weighted by Crippen LogP contribution is 2.31. The Morgan fingerprint density at radius 2 is 1.78 bits per heavy atom. The third-order valence-corrected chi connectivity index (χ3v) is 6.26. The van der Waals surface area contributed by atoms with E-state index >= 15 is 0 Å². The van der Waals surface area contributed by atoms with E-state index in [1.54, 1.807) is 0 Å². The first-order valence-corrected chi connectivity index (χ1v) is 11.1. The number of aryl methyl sites for hydroxylation is 1. The number of para-hydroxylation sites is 1. The standard InChI is InChI=1S/C26H27N5O/c1-18-25(19(2)31(29-18)21-12-7-4-8-13-21)26(32)28-23-14-9-15-24-22(23)16-27-30(24)17-20-10-5-3-6-11-20/h3-8,10-13,16,23H,9,14-15,17H2,1-2H3,(H,28,32). The summed E-state index contributed by atoms with van der Waals surface area (Å²) in [5.41, 5.74) is 6.77. The quantitative estimate of drug-likeness (QED) is 0.510. The van der Waals surface area contributed by atoms with Crippen molar-refractivity contribution >= 4 is 5.91 Å². The molecule has 1 aliphatic carbocycles. The molecule has 0 aliphatic heterocycles. The van der Waals surface area contributed by atoms with Crippen molar-refractivity contribution in [1.82, 2.24) is 24.9 Å². The Kier molecular flexibility index (Phi) is 5.35. The predicted octanol–water partition coefficient (Wildman–Crippen LogP) is 4.54. The van der Waals surface area contributed by atoms with Crippen LogP contribution in [0.5, 0.6) is 0 Å². The Labute approximate surface area is 187 Å². The lowest BCUT2D eigenvalue weighted by atomic mass is 9.92. The Morgan fingerprint density at radius 1 is 1.06 bits per heavy atom. The molecule has 4 aromatic rings. The van der Waals surface area contributed by atoms with Gasteiger partial charge in [0.05, 0.1) is 41.4 Å². The van der Waals surface area contributed by atoms with E-state index in [0.29, 0.717) is 5.56 Å². The molecule has 1 amide bonds. The first-order chi connectivity index (χ1) is 15.6. The van der Waals surface area contributed by atoms with Crippen LogP contribution in [0.25, 0.3) is 5.69 Å². The Bertz CT molecular complexity index is 1240. The van der Waals surface area contributed by atoms with Crippen molar-refractivity contribution in [2.24, 2.45) is 0 Å². The lowest BCUT2D eigenvalue weighted by Crippen LogP contribution is -2.31. The van der Waals surface area contributed by atoms with Crippen LogP contribution in [0.1, 0.15) is 57.5 Å². The minimum absolute atomic E-state index is 0.0327. The van der Waals surface area contributed by atoms with Crippen molar-refractivity contribution in [3.63, 3.8) is 0 Å². The minimum atomic E-state index is -0.0733. The molecule has 6 heteroatoms. The summed E-state index contributed by atoms with van der Waals surface area (Å²) >= 11 is 0. The van der Waals surface area contributed by atoms with E-state index in [2.05, 4.69) is 44.5 Å². The number of hydrogen-bond donors (Lipinski definition) is 1. The monoisotopic (exact) mass is 425 g/mol. The first kappa shape index (κ1) is 20.2. The van der Waals surface area contributed by atoms with Crippen LogP contribution in [-0.2, 0) is 13.0 Å². The van der Waals surface area contributed by atoms with E-state index < -0.39 is 0 Å². The number of amides is 1. The van der Waals surface area contributed by atoms with Gasteiger partial charge < -0.3 is 5.32 Å². The van der Waals surface area contributed by atoms with E-state index in [0.717, 1.165) is 48.4 Å². The highest BCUT2D eigenvalue weighted by molar-refractivity contribution is 5.96. The van der Waals surface area contributed by atoms with Gasteiger partial charge in [0, 0.05) is 11.3 Å². The highest BCUT2D eigenvalue weighted by Gasteiger charge is 2.28. The van der Waals surface area contributed by atoms with Gasteiger partial charge in [0.15, 0.2) is 0 Å². The average Bonchev–Trinajstić information content (AvgIpc) is 3.36. The number of nitrogens with one attached hydrogen (secondary N) is 1. The van der Waals surface area contributed by atoms with Crippen molar-refractivity contribution in [2.75, 3.05) is 0 Å². The fourth-order valence-electron chi connectivity index (χ4n) is 4.68. The molecule has 0 saturated heterocycles. The topological polar surface area (TPSA) is 64.7 Å². The van der Waals surface area contributed by atoms with Crippen molar-refractivity contribution < 1.29 is 4.79 Å². The van der Waals surface area contributed by atoms with Crippen LogP contribution < -0.4 is 5.32 Å². The highest BCUT2D eigenvalue weighted by atomic mass is 16.1. The number of carbonyl (C=O) groups is 1. The van der Waals surface area contributed by atoms with Crippen molar-refractivity contribution in [3.05, 3.63) is 101 Å². The summed E-state index contributed by atoms with van der Waals surface area (Å²) in [4.78, 5) is 13.3. The zero-order valence-corrected chi connectivity index (χ0v) is 18.5. The number of benzene rings is 2. The van der Waals surface area contributed by atoms with E-state index in [1.165, 1.54) is 11.3 Å². The van der Waals surface area contributed by atoms with Gasteiger partial charge in [-0.2, -0.15) is 10.2 Å². The minimum Gasteiger partial charge on any atom is -0.345 e. The molecule has 0 fully saturated rings. The van der Waals surface area contributed by atoms with Crippen LogP contribution in [0.3, 0.4) is 0 Å². The van der Waals surface area contributed by atoms with Crippen LogP contribution in [0, 0.1) is 13.8 Å². The molecule has 1 N–H and O–H groups in total. The smallest absolute Gasteiger partial charge is 0.255 e. The maximum Gasteiger partial charge on any atom is 0.255 e. The zero-order chi connectivity index (χ0) is 22.1. The van der Waals surface area contributed by atoms with E-state index in [4.69, 9.17) is 0 Å². The third-order valence-electron chi connectivity index (χ3n) is 6.26. The molecule has 2 aromatic carbocycles. The molecule has 0 radical (unpaired) electrons. The van der Waals surface area contributed by atoms with Crippen molar-refractivity contribution in [2.45, 2.75) is 45.7 Å². The number of fused-ring (bicyclic) bond motifs is 1. The Balaban J connectivity index is 1.38. The normalized spacial score (nSPS) is 15.4. The molecule has 6 nitrogen and oxygen atoms in total. The number of carbonyl (C=O) groups excluding carboxylic acids is 1. The van der Waals surface area contributed by atoms with Crippen LogP contribution in [0.15, 0.2) is 66.9 Å².